The number of amides is 1. The fraction of sp³-hybridized carbons (Fsp3) is 0.692. The average molecular weight is 285 g/mol. The number of nitrogens with zero attached hydrogens (tertiary/aromatic N) is 1. The Balaban J connectivity index is 1.92. The summed E-state index contributed by atoms with van der Waals surface area (Å²) in [6.07, 6.45) is 1.48. The van der Waals surface area contributed by atoms with Crippen LogP contribution in [0.1, 0.15) is 32.9 Å². The molecule has 0 aliphatic heterocycles. The third-order valence-electron chi connectivity index (χ3n) is 2.24. The highest BCUT2D eigenvalue weighted by molar-refractivity contribution is 7.07. The van der Waals surface area contributed by atoms with Gasteiger partial charge in [-0.2, -0.15) is 0 Å². The van der Waals surface area contributed by atoms with Crippen molar-refractivity contribution in [3.8, 4) is 0 Å². The zero-order chi connectivity index (χ0) is 14.1. The molecule has 0 saturated carbocycles. The van der Waals surface area contributed by atoms with E-state index >= 15 is 0 Å². The Hall–Kier alpha value is -1.14. The SMILES string of the molecule is CC(C)(C)OC(=O)NCCCNCCc1cscn1. The van der Waals surface area contributed by atoms with Crippen LogP contribution < -0.4 is 10.6 Å². The van der Waals surface area contributed by atoms with Crippen LogP contribution in [0.4, 0.5) is 4.79 Å². The fourth-order valence-electron chi connectivity index (χ4n) is 1.42. The highest BCUT2D eigenvalue weighted by Crippen LogP contribution is 2.06. The van der Waals surface area contributed by atoms with Crippen LogP contribution >= 0.6 is 11.3 Å². The van der Waals surface area contributed by atoms with Gasteiger partial charge in [0.1, 0.15) is 5.60 Å². The molecule has 0 aliphatic rings. The van der Waals surface area contributed by atoms with Crippen LogP contribution in [0.25, 0.3) is 0 Å². The summed E-state index contributed by atoms with van der Waals surface area (Å²) in [5.74, 6) is 0. The van der Waals surface area contributed by atoms with E-state index in [0.717, 1.165) is 31.6 Å². The topological polar surface area (TPSA) is 63.2 Å². The number of thiazole rings is 1. The zero-order valence-electron chi connectivity index (χ0n) is 11.9. The fourth-order valence-corrected chi connectivity index (χ4v) is 2.01. The Morgan fingerprint density at radius 3 is 2.79 bits per heavy atom. The zero-order valence-corrected chi connectivity index (χ0v) is 12.7. The quantitative estimate of drug-likeness (QED) is 0.754. The van der Waals surface area contributed by atoms with Gasteiger partial charge in [0.15, 0.2) is 0 Å². The van der Waals surface area contributed by atoms with E-state index in [9.17, 15) is 4.79 Å². The van der Waals surface area contributed by atoms with Gasteiger partial charge in [-0.05, 0) is 33.7 Å². The van der Waals surface area contributed by atoms with Crippen molar-refractivity contribution in [2.24, 2.45) is 0 Å². The van der Waals surface area contributed by atoms with E-state index in [1.807, 2.05) is 26.3 Å². The van der Waals surface area contributed by atoms with Gasteiger partial charge in [0.25, 0.3) is 0 Å². The first kappa shape index (κ1) is 15.9. The number of ether oxygens (including phenoxy) is 1. The molecule has 5 nitrogen and oxygen atoms in total. The lowest BCUT2D eigenvalue weighted by Crippen LogP contribution is -2.34. The second-order valence-corrected chi connectivity index (χ2v) is 5.98. The Labute approximate surface area is 118 Å². The molecule has 1 aromatic rings. The van der Waals surface area contributed by atoms with Crippen LogP contribution in [0, 0.1) is 0 Å². The van der Waals surface area contributed by atoms with Crippen molar-refractivity contribution in [2.75, 3.05) is 19.6 Å². The summed E-state index contributed by atoms with van der Waals surface area (Å²) in [4.78, 5) is 15.6. The van der Waals surface area contributed by atoms with Crippen LogP contribution in [-0.4, -0.2) is 36.3 Å². The summed E-state index contributed by atoms with van der Waals surface area (Å²) in [6.45, 7) is 7.97. The van der Waals surface area contributed by atoms with Crippen LogP contribution in [0.3, 0.4) is 0 Å². The van der Waals surface area contributed by atoms with Gasteiger partial charge in [-0.1, -0.05) is 0 Å². The van der Waals surface area contributed by atoms with Gasteiger partial charge < -0.3 is 15.4 Å². The van der Waals surface area contributed by atoms with E-state index in [0.29, 0.717) is 6.54 Å². The monoisotopic (exact) mass is 285 g/mol. The van der Waals surface area contributed by atoms with Crippen LogP contribution in [0.2, 0.25) is 0 Å². The summed E-state index contributed by atoms with van der Waals surface area (Å²) in [6, 6.07) is 0. The van der Waals surface area contributed by atoms with Gasteiger partial charge in [0, 0.05) is 24.9 Å². The second-order valence-electron chi connectivity index (χ2n) is 5.26. The molecule has 0 aromatic carbocycles. The number of alkyl carbamates (subject to hydrolysis) is 1. The molecule has 2 N–H and O–H groups in total. The van der Waals surface area contributed by atoms with Gasteiger partial charge in [0.05, 0.1) is 11.2 Å². The molecule has 0 bridgehead atoms. The third-order valence-corrected chi connectivity index (χ3v) is 2.88. The third kappa shape index (κ3) is 8.56. The number of carbonyl (C=O) groups is 1. The predicted octanol–water partition coefficient (Wildman–Crippen LogP) is 2.19. The molecule has 108 valence electrons. The van der Waals surface area contributed by atoms with Crippen molar-refractivity contribution >= 4 is 17.4 Å². The minimum Gasteiger partial charge on any atom is -0.444 e. The van der Waals surface area contributed by atoms with E-state index < -0.39 is 5.60 Å². The number of aromatic nitrogens is 1. The molecular formula is C13H23N3O2S. The number of carbonyl (C=O) groups excluding carboxylic acids is 1. The molecule has 1 amide bonds. The molecule has 19 heavy (non-hydrogen) atoms. The molecular weight excluding hydrogens is 262 g/mol. The summed E-state index contributed by atoms with van der Waals surface area (Å²) in [7, 11) is 0. The lowest BCUT2D eigenvalue weighted by Gasteiger charge is -2.19. The molecule has 0 saturated heterocycles. The summed E-state index contributed by atoms with van der Waals surface area (Å²) in [5, 5.41) is 8.11. The lowest BCUT2D eigenvalue weighted by atomic mass is 10.2. The van der Waals surface area contributed by atoms with E-state index in [2.05, 4.69) is 21.0 Å². The number of rotatable bonds is 7. The summed E-state index contributed by atoms with van der Waals surface area (Å²) < 4.78 is 5.14. The molecule has 0 fully saturated rings. The van der Waals surface area contributed by atoms with Gasteiger partial charge in [-0.15, -0.1) is 11.3 Å². The van der Waals surface area contributed by atoms with Crippen molar-refractivity contribution in [1.82, 2.24) is 15.6 Å². The first-order valence-electron chi connectivity index (χ1n) is 6.52. The maximum atomic E-state index is 11.3. The minimum absolute atomic E-state index is 0.352. The maximum absolute atomic E-state index is 11.3. The predicted molar refractivity (Wildman–Crippen MR) is 77.5 cm³/mol. The smallest absolute Gasteiger partial charge is 0.407 e. The molecule has 1 heterocycles. The molecule has 0 unspecified atom stereocenters. The van der Waals surface area contributed by atoms with Crippen molar-refractivity contribution in [2.45, 2.75) is 39.2 Å². The Morgan fingerprint density at radius 1 is 1.37 bits per heavy atom. The molecule has 1 aromatic heterocycles. The lowest BCUT2D eigenvalue weighted by molar-refractivity contribution is 0.0527. The molecule has 0 atom stereocenters. The first-order valence-corrected chi connectivity index (χ1v) is 7.46. The van der Waals surface area contributed by atoms with Gasteiger partial charge >= 0.3 is 6.09 Å². The second kappa shape index (κ2) is 8.12. The Bertz CT molecular complexity index is 360. The van der Waals surface area contributed by atoms with E-state index in [1.54, 1.807) is 11.3 Å². The van der Waals surface area contributed by atoms with E-state index in [1.165, 1.54) is 0 Å². The molecule has 0 radical (unpaired) electrons. The average Bonchev–Trinajstić information content (AvgIpc) is 2.78. The summed E-state index contributed by atoms with van der Waals surface area (Å²) >= 11 is 1.62. The van der Waals surface area contributed by atoms with Gasteiger partial charge in [-0.25, -0.2) is 9.78 Å². The molecule has 1 rings (SSSR count). The van der Waals surface area contributed by atoms with Crippen LogP contribution in [0.15, 0.2) is 10.9 Å². The van der Waals surface area contributed by atoms with Crippen LogP contribution in [0.5, 0.6) is 0 Å². The van der Waals surface area contributed by atoms with Crippen molar-refractivity contribution in [3.05, 3.63) is 16.6 Å². The van der Waals surface area contributed by atoms with Crippen molar-refractivity contribution < 1.29 is 9.53 Å². The molecule has 0 spiro atoms. The maximum Gasteiger partial charge on any atom is 0.407 e. The van der Waals surface area contributed by atoms with Gasteiger partial charge in [-0.3, -0.25) is 0 Å². The van der Waals surface area contributed by atoms with Crippen molar-refractivity contribution in [1.29, 1.82) is 0 Å². The van der Waals surface area contributed by atoms with E-state index in [4.69, 9.17) is 4.74 Å². The highest BCUT2D eigenvalue weighted by atomic mass is 32.1. The van der Waals surface area contributed by atoms with Crippen LogP contribution in [-0.2, 0) is 11.2 Å². The minimum atomic E-state index is -0.435. The van der Waals surface area contributed by atoms with Gasteiger partial charge in [0.2, 0.25) is 0 Å². The Kier molecular flexibility index (Phi) is 6.80. The van der Waals surface area contributed by atoms with E-state index in [-0.39, 0.29) is 6.09 Å². The Morgan fingerprint density at radius 2 is 2.16 bits per heavy atom. The number of hydrogen-bond acceptors (Lipinski definition) is 5. The van der Waals surface area contributed by atoms with Crippen molar-refractivity contribution in [3.63, 3.8) is 0 Å². The molecule has 6 heteroatoms. The number of hydrogen-bond donors (Lipinski definition) is 2. The molecule has 0 aliphatic carbocycles. The number of nitrogens with one attached hydrogen (secondary N) is 2. The normalized spacial score (nSPS) is 11.3. The standard InChI is InChI=1S/C13H23N3O2S/c1-13(2,3)18-12(17)15-7-4-6-14-8-5-11-9-19-10-16-11/h9-10,14H,4-8H2,1-3H3,(H,15,17). The first-order chi connectivity index (χ1) is 8.97. The largest absolute Gasteiger partial charge is 0.444 e. The summed E-state index contributed by atoms with van der Waals surface area (Å²) in [5.41, 5.74) is 2.54. The highest BCUT2D eigenvalue weighted by Gasteiger charge is 2.15.